The average Bonchev–Trinajstić information content (AvgIpc) is 2.38. The second-order valence-corrected chi connectivity index (χ2v) is 4.10. The molecule has 0 atom stereocenters. The van der Waals surface area contributed by atoms with Crippen LogP contribution in [0, 0.1) is 0 Å². The highest BCUT2D eigenvalue weighted by Gasteiger charge is 2.00. The second kappa shape index (κ2) is 7.05. The molecule has 0 radical (unpaired) electrons. The number of nitrogens with one attached hydrogen (secondary N) is 1. The fraction of sp³-hybridized carbons (Fsp3) is 0.200. The van der Waals surface area contributed by atoms with Crippen LogP contribution in [0.4, 0.5) is 0 Å². The number of pyridine rings is 1. The lowest BCUT2D eigenvalue weighted by atomic mass is 10.3. The summed E-state index contributed by atoms with van der Waals surface area (Å²) in [4.78, 5) is 14.3. The number of aromatic nitrogens is 2. The maximum Gasteiger partial charge on any atom is 0.217 e. The summed E-state index contributed by atoms with van der Waals surface area (Å²) in [5.41, 5.74) is 6.34. The van der Waals surface area contributed by atoms with Gasteiger partial charge in [-0.2, -0.15) is 0 Å². The minimum absolute atomic E-state index is 0.458. The number of H-pyrrole nitrogens is 1. The number of carbonyl (C=O) groups is 1. The van der Waals surface area contributed by atoms with Crippen molar-refractivity contribution in [3.63, 3.8) is 0 Å². The molecular formula is C10H12ClN3O2S. The molecule has 0 saturated carbocycles. The summed E-state index contributed by atoms with van der Waals surface area (Å²) in [5.74, 6) is 0.616. The van der Waals surface area contributed by atoms with Crippen LogP contribution in [-0.4, -0.2) is 22.8 Å². The lowest BCUT2D eigenvalue weighted by Crippen LogP contribution is -2.00. The van der Waals surface area contributed by atoms with Crippen LogP contribution in [0.5, 0.6) is 5.88 Å². The number of ether oxygens (including phenoxy) is 1. The van der Waals surface area contributed by atoms with Gasteiger partial charge in [-0.05, 0) is 6.07 Å². The molecule has 17 heavy (non-hydrogen) atoms. The summed E-state index contributed by atoms with van der Waals surface area (Å²) in [7, 11) is 1.58. The van der Waals surface area contributed by atoms with Crippen LogP contribution in [0.1, 0.15) is 15.2 Å². The van der Waals surface area contributed by atoms with Crippen molar-refractivity contribution >= 4 is 29.4 Å². The monoisotopic (exact) mass is 273 g/mol. The van der Waals surface area contributed by atoms with Gasteiger partial charge >= 0.3 is 0 Å². The van der Waals surface area contributed by atoms with Crippen LogP contribution in [-0.2, 0) is 6.54 Å². The Hall–Kier alpha value is -1.37. The summed E-state index contributed by atoms with van der Waals surface area (Å²) in [6.07, 6.45) is 2.40. The Morgan fingerprint density at radius 3 is 2.76 bits per heavy atom. The molecule has 2 aromatic heterocycles. The molecule has 0 aromatic carbocycles. The summed E-state index contributed by atoms with van der Waals surface area (Å²) in [6, 6.07) is 3.73. The molecule has 92 valence electrons. The van der Waals surface area contributed by atoms with Gasteiger partial charge in [0.1, 0.15) is 10.0 Å². The fourth-order valence-corrected chi connectivity index (χ4v) is 1.61. The van der Waals surface area contributed by atoms with Gasteiger partial charge in [0.25, 0.3) is 0 Å². The largest absolute Gasteiger partial charge is 0.481 e. The molecule has 0 bridgehead atoms. The topological polar surface area (TPSA) is 81.0 Å². The number of hydrogen-bond acceptors (Lipinski definition) is 5. The van der Waals surface area contributed by atoms with E-state index in [-0.39, 0.29) is 0 Å². The average molecular weight is 274 g/mol. The van der Waals surface area contributed by atoms with Crippen LogP contribution >= 0.6 is 23.1 Å². The summed E-state index contributed by atoms with van der Waals surface area (Å²) in [6.45, 7) is 0.469. The molecule has 0 fully saturated rings. The Labute approximate surface area is 108 Å². The van der Waals surface area contributed by atoms with Gasteiger partial charge < -0.3 is 10.5 Å². The molecule has 7 heteroatoms. The van der Waals surface area contributed by atoms with E-state index in [1.807, 2.05) is 12.1 Å². The smallest absolute Gasteiger partial charge is 0.217 e. The van der Waals surface area contributed by atoms with E-state index in [1.54, 1.807) is 13.3 Å². The lowest BCUT2D eigenvalue weighted by Gasteiger charge is -2.02. The third-order valence-corrected chi connectivity index (χ3v) is 3.19. The molecule has 0 aliphatic carbocycles. The van der Waals surface area contributed by atoms with Crippen LogP contribution in [0.3, 0.4) is 0 Å². The van der Waals surface area contributed by atoms with E-state index in [0.29, 0.717) is 22.5 Å². The Kier molecular flexibility index (Phi) is 5.68. The van der Waals surface area contributed by atoms with E-state index in [9.17, 15) is 4.79 Å². The number of carbonyl (C=O) groups excluding carboxylic acids is 1. The van der Waals surface area contributed by atoms with Crippen LogP contribution in [0.15, 0.2) is 18.3 Å². The standard InChI is InChI=1S/C7H10N2O.C3H2ClNOS/c1-10-7-6(5-8)3-2-4-9-7;4-3-2(1-6)7-5-3/h2-4H,5,8H2,1H3;1,5H. The number of hydrogen-bond donors (Lipinski definition) is 2. The summed E-state index contributed by atoms with van der Waals surface area (Å²) < 4.78 is 7.58. The van der Waals surface area contributed by atoms with Gasteiger partial charge in [0.15, 0.2) is 6.29 Å². The van der Waals surface area contributed by atoms with Crippen LogP contribution in [0.25, 0.3) is 0 Å². The number of nitrogens with two attached hydrogens (primary N) is 1. The quantitative estimate of drug-likeness (QED) is 0.839. The molecule has 2 heterocycles. The van der Waals surface area contributed by atoms with Gasteiger partial charge in [0, 0.05) is 18.3 Å². The second-order valence-electron chi connectivity index (χ2n) is 2.88. The highest BCUT2D eigenvalue weighted by Crippen LogP contribution is 2.17. The van der Waals surface area contributed by atoms with Gasteiger partial charge in [-0.25, -0.2) is 4.98 Å². The molecular weight excluding hydrogens is 262 g/mol. The number of aromatic amines is 1. The first-order chi connectivity index (χ1) is 8.22. The predicted molar refractivity (Wildman–Crippen MR) is 67.7 cm³/mol. The van der Waals surface area contributed by atoms with E-state index in [0.717, 1.165) is 11.8 Å². The number of halogens is 1. The predicted octanol–water partition coefficient (Wildman–Crippen LogP) is 2.09. The van der Waals surface area contributed by atoms with Gasteiger partial charge in [-0.3, -0.25) is 9.17 Å². The zero-order valence-corrected chi connectivity index (χ0v) is 10.7. The first-order valence-electron chi connectivity index (χ1n) is 4.68. The Morgan fingerprint density at radius 2 is 2.47 bits per heavy atom. The third kappa shape index (κ3) is 3.85. The molecule has 2 aromatic rings. The van der Waals surface area contributed by atoms with Crippen molar-refractivity contribution in [2.75, 3.05) is 7.11 Å². The number of rotatable bonds is 3. The Morgan fingerprint density at radius 1 is 1.71 bits per heavy atom. The maximum absolute atomic E-state index is 9.79. The van der Waals surface area contributed by atoms with Crippen LogP contribution in [0.2, 0.25) is 5.15 Å². The molecule has 0 saturated heterocycles. The first-order valence-corrected chi connectivity index (χ1v) is 5.88. The zero-order valence-electron chi connectivity index (χ0n) is 9.14. The molecule has 0 aliphatic heterocycles. The van der Waals surface area contributed by atoms with Crippen molar-refractivity contribution < 1.29 is 9.53 Å². The van der Waals surface area contributed by atoms with E-state index < -0.39 is 0 Å². The van der Waals surface area contributed by atoms with Gasteiger partial charge in [-0.1, -0.05) is 29.2 Å². The fourth-order valence-electron chi connectivity index (χ4n) is 0.988. The van der Waals surface area contributed by atoms with Crippen LogP contribution < -0.4 is 10.5 Å². The van der Waals surface area contributed by atoms with Crippen molar-refractivity contribution in [2.24, 2.45) is 5.73 Å². The molecule has 3 N–H and O–H groups in total. The van der Waals surface area contributed by atoms with E-state index in [1.165, 1.54) is 11.5 Å². The zero-order chi connectivity index (χ0) is 12.7. The first kappa shape index (κ1) is 13.7. The Bertz CT molecular complexity index is 447. The molecule has 0 unspecified atom stereocenters. The van der Waals surface area contributed by atoms with Gasteiger partial charge in [-0.15, -0.1) is 0 Å². The van der Waals surface area contributed by atoms with E-state index in [2.05, 4.69) is 9.36 Å². The normalized spacial score (nSPS) is 9.35. The Balaban J connectivity index is 0.000000181. The maximum atomic E-state index is 9.79. The van der Waals surface area contributed by atoms with Crippen molar-refractivity contribution in [3.05, 3.63) is 33.9 Å². The van der Waals surface area contributed by atoms with Gasteiger partial charge in [0.2, 0.25) is 5.88 Å². The summed E-state index contributed by atoms with van der Waals surface area (Å²) in [5, 5.41) is 0.458. The molecule has 0 aliphatic rings. The minimum Gasteiger partial charge on any atom is -0.481 e. The molecule has 5 nitrogen and oxygen atoms in total. The molecule has 0 amide bonds. The third-order valence-electron chi connectivity index (χ3n) is 1.84. The number of aldehydes is 1. The SMILES string of the molecule is COc1ncccc1CN.O=Cc1s[nH]c1Cl. The number of nitrogens with zero attached hydrogens (tertiary/aromatic N) is 1. The highest BCUT2D eigenvalue weighted by atomic mass is 35.5. The summed E-state index contributed by atoms with van der Waals surface area (Å²) >= 11 is 6.57. The van der Waals surface area contributed by atoms with Crippen molar-refractivity contribution in [1.82, 2.24) is 9.36 Å². The van der Waals surface area contributed by atoms with E-state index in [4.69, 9.17) is 22.1 Å². The number of methoxy groups -OCH3 is 1. The van der Waals surface area contributed by atoms with Gasteiger partial charge in [0.05, 0.1) is 7.11 Å². The highest BCUT2D eigenvalue weighted by molar-refractivity contribution is 7.10. The lowest BCUT2D eigenvalue weighted by molar-refractivity contribution is 0.112. The van der Waals surface area contributed by atoms with Crippen molar-refractivity contribution in [1.29, 1.82) is 0 Å². The molecule has 0 spiro atoms. The minimum atomic E-state index is 0.458. The van der Waals surface area contributed by atoms with Crippen molar-refractivity contribution in [3.8, 4) is 5.88 Å². The van der Waals surface area contributed by atoms with E-state index >= 15 is 0 Å². The van der Waals surface area contributed by atoms with Crippen molar-refractivity contribution in [2.45, 2.75) is 6.54 Å². The molecule has 2 rings (SSSR count).